The average Bonchev–Trinajstić information content (AvgIpc) is 2.14. The van der Waals surface area contributed by atoms with Gasteiger partial charge in [0.25, 0.3) is 0 Å². The lowest BCUT2D eigenvalue weighted by Gasteiger charge is -2.34. The zero-order valence-electron chi connectivity index (χ0n) is 11.4. The second-order valence-electron chi connectivity index (χ2n) is 4.29. The van der Waals surface area contributed by atoms with Gasteiger partial charge >= 0.3 is 0 Å². The van der Waals surface area contributed by atoms with Crippen molar-refractivity contribution in [2.45, 2.75) is 53.6 Å². The van der Waals surface area contributed by atoms with Crippen LogP contribution >= 0.6 is 6.49 Å². The summed E-state index contributed by atoms with van der Waals surface area (Å²) in [5.74, 6) is 0. The third-order valence-corrected chi connectivity index (χ3v) is 5.27. The molecular weight excluding hydrogens is 241 g/mol. The van der Waals surface area contributed by atoms with Crippen LogP contribution in [0.25, 0.3) is 0 Å². The summed E-state index contributed by atoms with van der Waals surface area (Å²) in [7, 11) is 0. The zero-order valence-corrected chi connectivity index (χ0v) is 13.1. The SMILES string of the molecule is CCOP(=S)(CN(C(C)C)C(C)C)OCC. The Morgan fingerprint density at radius 1 is 1.00 bits per heavy atom. The van der Waals surface area contributed by atoms with Gasteiger partial charge in [0, 0.05) is 12.1 Å². The molecule has 0 N–H and O–H groups in total. The molecule has 5 heteroatoms. The van der Waals surface area contributed by atoms with Crippen molar-refractivity contribution in [3.05, 3.63) is 0 Å². The van der Waals surface area contributed by atoms with Gasteiger partial charge in [0.05, 0.1) is 19.5 Å². The van der Waals surface area contributed by atoms with Gasteiger partial charge in [0.2, 0.25) is 6.49 Å². The fourth-order valence-electron chi connectivity index (χ4n) is 1.64. The normalized spacial score (nSPS) is 13.1. The van der Waals surface area contributed by atoms with Gasteiger partial charge in [-0.05, 0) is 53.3 Å². The van der Waals surface area contributed by atoms with E-state index in [9.17, 15) is 0 Å². The van der Waals surface area contributed by atoms with E-state index < -0.39 is 6.49 Å². The molecule has 0 aliphatic heterocycles. The van der Waals surface area contributed by atoms with Gasteiger partial charge < -0.3 is 9.05 Å². The van der Waals surface area contributed by atoms with Gasteiger partial charge in [-0.2, -0.15) is 0 Å². The molecule has 0 unspecified atom stereocenters. The summed E-state index contributed by atoms with van der Waals surface area (Å²) < 4.78 is 11.3. The van der Waals surface area contributed by atoms with E-state index in [4.69, 9.17) is 20.9 Å². The molecule has 0 rings (SSSR count). The Morgan fingerprint density at radius 2 is 1.38 bits per heavy atom. The minimum atomic E-state index is -2.12. The average molecular weight is 267 g/mol. The van der Waals surface area contributed by atoms with Crippen LogP contribution in [0.2, 0.25) is 0 Å². The molecule has 0 heterocycles. The molecule has 0 fully saturated rings. The van der Waals surface area contributed by atoms with Crippen LogP contribution in [0.5, 0.6) is 0 Å². The van der Waals surface area contributed by atoms with Crippen LogP contribution in [-0.4, -0.2) is 36.5 Å². The Morgan fingerprint density at radius 3 is 1.62 bits per heavy atom. The minimum Gasteiger partial charge on any atom is -0.329 e. The molecule has 0 aliphatic rings. The van der Waals surface area contributed by atoms with Gasteiger partial charge in [-0.25, -0.2) is 0 Å². The van der Waals surface area contributed by atoms with Gasteiger partial charge in [-0.15, -0.1) is 0 Å². The van der Waals surface area contributed by atoms with Crippen molar-refractivity contribution in [1.29, 1.82) is 0 Å². The first-order chi connectivity index (χ1) is 7.36. The van der Waals surface area contributed by atoms with Crippen molar-refractivity contribution in [3.8, 4) is 0 Å². The summed E-state index contributed by atoms with van der Waals surface area (Å²) in [4.78, 5) is 2.34. The molecule has 0 aromatic carbocycles. The van der Waals surface area contributed by atoms with E-state index >= 15 is 0 Å². The predicted molar refractivity (Wildman–Crippen MR) is 74.5 cm³/mol. The summed E-state index contributed by atoms with van der Waals surface area (Å²) in [6.07, 6.45) is 0.735. The van der Waals surface area contributed by atoms with E-state index in [2.05, 4.69) is 32.6 Å². The number of hydrogen-bond donors (Lipinski definition) is 0. The maximum Gasteiger partial charge on any atom is 0.202 e. The third kappa shape index (κ3) is 5.74. The summed E-state index contributed by atoms with van der Waals surface area (Å²) in [5.41, 5.74) is 0. The van der Waals surface area contributed by atoms with Crippen LogP contribution in [0.3, 0.4) is 0 Å². The largest absolute Gasteiger partial charge is 0.329 e. The maximum atomic E-state index is 5.66. The third-order valence-electron chi connectivity index (χ3n) is 2.31. The standard InChI is InChI=1S/C11H26NO2PS/c1-7-13-15(16,14-8-2)9-12(10(3)4)11(5)6/h10-11H,7-9H2,1-6H3. The Bertz CT molecular complexity index is 216. The Balaban J connectivity index is 4.63. The van der Waals surface area contributed by atoms with Gasteiger partial charge in [0.15, 0.2) is 0 Å². The highest BCUT2D eigenvalue weighted by molar-refractivity contribution is 8.09. The van der Waals surface area contributed by atoms with Gasteiger partial charge in [0.1, 0.15) is 0 Å². The number of rotatable bonds is 8. The predicted octanol–water partition coefficient (Wildman–Crippen LogP) is 3.45. The molecule has 98 valence electrons. The van der Waals surface area contributed by atoms with Crippen molar-refractivity contribution in [3.63, 3.8) is 0 Å². The van der Waals surface area contributed by atoms with Crippen molar-refractivity contribution in [2.75, 3.05) is 19.5 Å². The van der Waals surface area contributed by atoms with Crippen LogP contribution in [0.4, 0.5) is 0 Å². The smallest absolute Gasteiger partial charge is 0.202 e. The Hall–Kier alpha value is 0.530. The summed E-state index contributed by atoms with van der Waals surface area (Å²) >= 11 is 5.54. The first-order valence-corrected chi connectivity index (χ1v) is 8.82. The quantitative estimate of drug-likeness (QED) is 0.628. The highest BCUT2D eigenvalue weighted by Crippen LogP contribution is 2.49. The molecule has 0 bridgehead atoms. The molecule has 0 saturated carbocycles. The molecule has 0 radical (unpaired) electrons. The van der Waals surface area contributed by atoms with Crippen LogP contribution in [-0.2, 0) is 20.9 Å². The van der Waals surface area contributed by atoms with Gasteiger partial charge in [-0.1, -0.05) is 0 Å². The van der Waals surface area contributed by atoms with Crippen molar-refractivity contribution in [2.24, 2.45) is 0 Å². The fraction of sp³-hybridized carbons (Fsp3) is 1.00. The number of nitrogens with zero attached hydrogens (tertiary/aromatic N) is 1. The molecule has 0 saturated heterocycles. The van der Waals surface area contributed by atoms with E-state index in [0.717, 1.165) is 6.29 Å². The Kier molecular flexibility index (Phi) is 8.04. The molecule has 0 aromatic rings. The number of hydrogen-bond acceptors (Lipinski definition) is 4. The second kappa shape index (κ2) is 7.78. The van der Waals surface area contributed by atoms with E-state index in [1.54, 1.807) is 0 Å². The molecule has 0 amide bonds. The molecule has 0 aliphatic carbocycles. The lowest BCUT2D eigenvalue weighted by atomic mass is 10.2. The van der Waals surface area contributed by atoms with Gasteiger partial charge in [-0.3, -0.25) is 4.90 Å². The first-order valence-electron chi connectivity index (χ1n) is 6.00. The highest BCUT2D eigenvalue weighted by atomic mass is 32.5. The van der Waals surface area contributed by atoms with Crippen molar-refractivity contribution in [1.82, 2.24) is 4.90 Å². The summed E-state index contributed by atoms with van der Waals surface area (Å²) in [6.45, 7) is 11.8. The van der Waals surface area contributed by atoms with Crippen LogP contribution in [0, 0.1) is 0 Å². The minimum absolute atomic E-state index is 0.461. The van der Waals surface area contributed by atoms with Crippen LogP contribution < -0.4 is 0 Å². The van der Waals surface area contributed by atoms with Crippen LogP contribution in [0.1, 0.15) is 41.5 Å². The Labute approximate surface area is 106 Å². The molecular formula is C11H26NO2PS. The maximum absolute atomic E-state index is 5.66. The molecule has 0 spiro atoms. The first kappa shape index (κ1) is 16.5. The fourth-order valence-corrected chi connectivity index (χ4v) is 4.75. The molecule has 3 nitrogen and oxygen atoms in total. The zero-order chi connectivity index (χ0) is 12.8. The topological polar surface area (TPSA) is 21.7 Å². The molecule has 0 aromatic heterocycles. The van der Waals surface area contributed by atoms with E-state index in [1.165, 1.54) is 0 Å². The van der Waals surface area contributed by atoms with Crippen molar-refractivity contribution >= 4 is 18.3 Å². The highest BCUT2D eigenvalue weighted by Gasteiger charge is 2.25. The van der Waals surface area contributed by atoms with Crippen LogP contribution in [0.15, 0.2) is 0 Å². The lowest BCUT2D eigenvalue weighted by Crippen LogP contribution is -2.38. The monoisotopic (exact) mass is 267 g/mol. The summed E-state index contributed by atoms with van der Waals surface area (Å²) in [5, 5.41) is 0. The summed E-state index contributed by atoms with van der Waals surface area (Å²) in [6, 6.07) is 0.923. The molecule has 16 heavy (non-hydrogen) atoms. The molecule has 0 atom stereocenters. The van der Waals surface area contributed by atoms with E-state index in [-0.39, 0.29) is 0 Å². The van der Waals surface area contributed by atoms with Crippen molar-refractivity contribution < 1.29 is 9.05 Å². The van der Waals surface area contributed by atoms with E-state index in [1.807, 2.05) is 13.8 Å². The van der Waals surface area contributed by atoms with E-state index in [0.29, 0.717) is 25.3 Å². The second-order valence-corrected chi connectivity index (χ2v) is 7.98. The lowest BCUT2D eigenvalue weighted by molar-refractivity contribution is 0.181.